The first-order valence-electron chi connectivity index (χ1n) is 10.4. The van der Waals surface area contributed by atoms with Gasteiger partial charge in [0.2, 0.25) is 5.91 Å². The van der Waals surface area contributed by atoms with Crippen LogP contribution >= 0.6 is 0 Å². The third-order valence-electron chi connectivity index (χ3n) is 6.57. The number of likely N-dealkylation sites (tertiary alicyclic amines) is 1. The second-order valence-electron chi connectivity index (χ2n) is 8.61. The second kappa shape index (κ2) is 8.09. The van der Waals surface area contributed by atoms with E-state index in [1.165, 1.54) is 0 Å². The summed E-state index contributed by atoms with van der Waals surface area (Å²) in [4.78, 5) is 27.0. The fourth-order valence-corrected chi connectivity index (χ4v) is 4.57. The van der Waals surface area contributed by atoms with Gasteiger partial charge in [-0.05, 0) is 95.0 Å². The SMILES string of the molecule is CN1CCC(NC(=O)Nc2ccc(NC(=O)C3CC34CCNCC4)cc2)CC1. The summed E-state index contributed by atoms with van der Waals surface area (Å²) in [5.41, 5.74) is 1.75. The number of hydrogen-bond acceptors (Lipinski definition) is 4. The number of nitrogens with one attached hydrogen (secondary N) is 4. The number of anilines is 2. The van der Waals surface area contributed by atoms with E-state index in [0.717, 1.165) is 69.7 Å². The van der Waals surface area contributed by atoms with Crippen molar-refractivity contribution in [1.82, 2.24) is 15.5 Å². The third kappa shape index (κ3) is 4.47. The summed E-state index contributed by atoms with van der Waals surface area (Å²) in [7, 11) is 2.10. The van der Waals surface area contributed by atoms with Gasteiger partial charge in [0.05, 0.1) is 0 Å². The highest BCUT2D eigenvalue weighted by Gasteiger charge is 2.57. The average molecular weight is 386 g/mol. The number of carbonyl (C=O) groups is 2. The fourth-order valence-electron chi connectivity index (χ4n) is 4.57. The molecule has 0 radical (unpaired) electrons. The Morgan fingerprint density at radius 1 is 1.04 bits per heavy atom. The van der Waals surface area contributed by atoms with Crippen LogP contribution in [0.4, 0.5) is 16.2 Å². The molecular weight excluding hydrogens is 354 g/mol. The maximum absolute atomic E-state index is 12.5. The van der Waals surface area contributed by atoms with Crippen molar-refractivity contribution in [2.75, 3.05) is 43.9 Å². The molecule has 0 aromatic heterocycles. The van der Waals surface area contributed by atoms with Crippen LogP contribution in [0, 0.1) is 11.3 Å². The quantitative estimate of drug-likeness (QED) is 0.640. The molecule has 0 bridgehead atoms. The third-order valence-corrected chi connectivity index (χ3v) is 6.57. The molecule has 1 aromatic carbocycles. The molecule has 1 spiro atoms. The molecule has 28 heavy (non-hydrogen) atoms. The fraction of sp³-hybridized carbons (Fsp3) is 0.619. The molecular formula is C21H31N5O2. The van der Waals surface area contributed by atoms with Gasteiger partial charge in [0.1, 0.15) is 0 Å². The number of piperidine rings is 2. The minimum atomic E-state index is -0.169. The van der Waals surface area contributed by atoms with Gasteiger partial charge in [0.25, 0.3) is 0 Å². The van der Waals surface area contributed by atoms with Crippen LogP contribution in [0.5, 0.6) is 0 Å². The van der Waals surface area contributed by atoms with Crippen molar-refractivity contribution in [3.8, 4) is 0 Å². The van der Waals surface area contributed by atoms with Gasteiger partial charge < -0.3 is 26.2 Å². The van der Waals surface area contributed by atoms with Crippen molar-refractivity contribution in [1.29, 1.82) is 0 Å². The minimum absolute atomic E-state index is 0.127. The molecule has 1 atom stereocenters. The highest BCUT2D eigenvalue weighted by molar-refractivity contribution is 5.95. The van der Waals surface area contributed by atoms with Crippen LogP contribution in [0.15, 0.2) is 24.3 Å². The van der Waals surface area contributed by atoms with Gasteiger partial charge in [-0.2, -0.15) is 0 Å². The maximum Gasteiger partial charge on any atom is 0.319 e. The van der Waals surface area contributed by atoms with E-state index in [0.29, 0.717) is 0 Å². The highest BCUT2D eigenvalue weighted by atomic mass is 16.2. The maximum atomic E-state index is 12.5. The van der Waals surface area contributed by atoms with Crippen LogP contribution in [-0.4, -0.2) is 56.1 Å². The van der Waals surface area contributed by atoms with Crippen molar-refractivity contribution in [2.45, 2.75) is 38.1 Å². The smallest absolute Gasteiger partial charge is 0.319 e. The second-order valence-corrected chi connectivity index (χ2v) is 8.61. The highest BCUT2D eigenvalue weighted by Crippen LogP contribution is 2.58. The van der Waals surface area contributed by atoms with Gasteiger partial charge in [0, 0.05) is 23.3 Å². The first kappa shape index (κ1) is 19.2. The molecule has 2 heterocycles. The zero-order chi connectivity index (χ0) is 19.6. The van der Waals surface area contributed by atoms with E-state index >= 15 is 0 Å². The first-order chi connectivity index (χ1) is 13.5. The van der Waals surface area contributed by atoms with Gasteiger partial charge in [0.15, 0.2) is 0 Å². The molecule has 3 aliphatic rings. The van der Waals surface area contributed by atoms with E-state index < -0.39 is 0 Å². The van der Waals surface area contributed by atoms with Gasteiger partial charge in [-0.3, -0.25) is 4.79 Å². The Hall–Kier alpha value is -2.12. The van der Waals surface area contributed by atoms with E-state index in [1.54, 1.807) is 0 Å². The summed E-state index contributed by atoms with van der Waals surface area (Å²) in [5.74, 6) is 0.273. The summed E-state index contributed by atoms with van der Waals surface area (Å²) < 4.78 is 0. The Kier molecular flexibility index (Phi) is 5.55. The average Bonchev–Trinajstić information content (AvgIpc) is 3.39. The summed E-state index contributed by atoms with van der Waals surface area (Å²) in [6.07, 6.45) is 5.17. The lowest BCUT2D eigenvalue weighted by Crippen LogP contribution is -2.44. The number of nitrogens with zero attached hydrogens (tertiary/aromatic N) is 1. The first-order valence-corrected chi connectivity index (χ1v) is 10.4. The summed E-state index contributed by atoms with van der Waals surface area (Å²) in [6, 6.07) is 7.42. The summed E-state index contributed by atoms with van der Waals surface area (Å²) in [6.45, 7) is 4.06. The molecule has 1 aromatic rings. The van der Waals surface area contributed by atoms with E-state index in [9.17, 15) is 9.59 Å². The van der Waals surface area contributed by atoms with E-state index in [1.807, 2.05) is 24.3 Å². The molecule has 2 saturated heterocycles. The molecule has 1 unspecified atom stereocenters. The van der Waals surface area contributed by atoms with Gasteiger partial charge in [-0.1, -0.05) is 0 Å². The predicted octanol–water partition coefficient (Wildman–Crippen LogP) is 2.23. The van der Waals surface area contributed by atoms with Crippen LogP contribution in [0.25, 0.3) is 0 Å². The van der Waals surface area contributed by atoms with Crippen LogP contribution in [0.1, 0.15) is 32.1 Å². The minimum Gasteiger partial charge on any atom is -0.335 e. The Bertz CT molecular complexity index is 706. The Morgan fingerprint density at radius 2 is 1.64 bits per heavy atom. The number of amides is 3. The van der Waals surface area contributed by atoms with Crippen LogP contribution < -0.4 is 21.3 Å². The lowest BCUT2D eigenvalue weighted by Gasteiger charge is -2.29. The van der Waals surface area contributed by atoms with Crippen molar-refractivity contribution < 1.29 is 9.59 Å². The molecule has 4 rings (SSSR count). The van der Waals surface area contributed by atoms with E-state index in [2.05, 4.69) is 33.2 Å². The summed E-state index contributed by atoms with van der Waals surface area (Å²) in [5, 5.41) is 12.3. The molecule has 152 valence electrons. The molecule has 7 heteroatoms. The number of rotatable bonds is 4. The molecule has 4 N–H and O–H groups in total. The van der Waals surface area contributed by atoms with Crippen LogP contribution in [-0.2, 0) is 4.79 Å². The monoisotopic (exact) mass is 385 g/mol. The largest absolute Gasteiger partial charge is 0.335 e. The van der Waals surface area contributed by atoms with Gasteiger partial charge >= 0.3 is 6.03 Å². The van der Waals surface area contributed by atoms with Crippen molar-refractivity contribution >= 4 is 23.3 Å². The zero-order valence-corrected chi connectivity index (χ0v) is 16.6. The molecule has 1 saturated carbocycles. The standard InChI is InChI=1S/C21H31N5O2/c1-26-12-6-17(7-13-26)25-20(28)24-16-4-2-15(3-5-16)23-19(27)18-14-21(18)8-10-22-11-9-21/h2-5,17-18,22H,6-14H2,1H3,(H,23,27)(H2,24,25,28). The van der Waals surface area contributed by atoms with Gasteiger partial charge in [-0.25, -0.2) is 4.79 Å². The van der Waals surface area contributed by atoms with Crippen LogP contribution in [0.3, 0.4) is 0 Å². The Labute approximate surface area is 166 Å². The normalized spacial score (nSPS) is 24.5. The number of benzene rings is 1. The van der Waals surface area contributed by atoms with E-state index in [4.69, 9.17) is 0 Å². The molecule has 3 amide bonds. The predicted molar refractivity (Wildman–Crippen MR) is 110 cm³/mol. The molecule has 2 aliphatic heterocycles. The molecule has 7 nitrogen and oxygen atoms in total. The van der Waals surface area contributed by atoms with Crippen LogP contribution in [0.2, 0.25) is 0 Å². The molecule has 1 aliphatic carbocycles. The summed E-state index contributed by atoms with van der Waals surface area (Å²) >= 11 is 0. The van der Waals surface area contributed by atoms with Gasteiger partial charge in [-0.15, -0.1) is 0 Å². The number of urea groups is 1. The van der Waals surface area contributed by atoms with E-state index in [-0.39, 0.29) is 29.3 Å². The number of hydrogen-bond donors (Lipinski definition) is 4. The number of carbonyl (C=O) groups excluding carboxylic acids is 2. The lowest BCUT2D eigenvalue weighted by molar-refractivity contribution is -0.118. The topological polar surface area (TPSA) is 85.5 Å². The van der Waals surface area contributed by atoms with Crippen molar-refractivity contribution in [3.05, 3.63) is 24.3 Å². The zero-order valence-electron chi connectivity index (χ0n) is 16.6. The lowest BCUT2D eigenvalue weighted by atomic mass is 9.92. The van der Waals surface area contributed by atoms with Crippen molar-refractivity contribution in [3.63, 3.8) is 0 Å². The molecule has 3 fully saturated rings. The van der Waals surface area contributed by atoms with Crippen molar-refractivity contribution in [2.24, 2.45) is 11.3 Å². The Morgan fingerprint density at radius 3 is 2.29 bits per heavy atom. The Balaban J connectivity index is 1.23.